The molecule has 2 aromatic rings. The second kappa shape index (κ2) is 6.77. The zero-order chi connectivity index (χ0) is 16.2. The summed E-state index contributed by atoms with van der Waals surface area (Å²) in [5, 5.41) is 4.11. The Morgan fingerprint density at radius 1 is 1.22 bits per heavy atom. The van der Waals surface area contributed by atoms with Gasteiger partial charge in [-0.2, -0.15) is 0 Å². The van der Waals surface area contributed by atoms with Gasteiger partial charge in [-0.05, 0) is 30.5 Å². The lowest BCUT2D eigenvalue weighted by Crippen LogP contribution is -2.42. The highest BCUT2D eigenvalue weighted by molar-refractivity contribution is 5.83. The first-order valence-corrected chi connectivity index (χ1v) is 8.01. The van der Waals surface area contributed by atoms with Gasteiger partial charge in [-0.15, -0.1) is 0 Å². The van der Waals surface area contributed by atoms with Gasteiger partial charge >= 0.3 is 0 Å². The minimum atomic E-state index is -0.00120. The van der Waals surface area contributed by atoms with E-state index in [1.165, 1.54) is 0 Å². The van der Waals surface area contributed by atoms with Gasteiger partial charge in [-0.1, -0.05) is 18.2 Å². The minimum Gasteiger partial charge on any atom is -0.352 e. The molecular weight excluding hydrogens is 290 g/mol. The number of amides is 2. The lowest BCUT2D eigenvalue weighted by atomic mass is 9.95. The molecule has 1 saturated heterocycles. The maximum Gasteiger partial charge on any atom is 0.223 e. The number of pyridine rings is 1. The third-order valence-electron chi connectivity index (χ3n) is 4.50. The zero-order valence-corrected chi connectivity index (χ0v) is 13.3. The Balaban J connectivity index is 1.60. The van der Waals surface area contributed by atoms with Crippen LogP contribution in [-0.2, 0) is 16.1 Å². The number of aromatic nitrogens is 1. The normalized spacial score (nSPS) is 15.6. The smallest absolute Gasteiger partial charge is 0.223 e. The highest BCUT2D eigenvalue weighted by atomic mass is 16.2. The van der Waals surface area contributed by atoms with Gasteiger partial charge in [0.1, 0.15) is 0 Å². The molecule has 1 N–H and O–H groups in total. The first kappa shape index (κ1) is 15.5. The first-order valence-electron chi connectivity index (χ1n) is 8.01. The van der Waals surface area contributed by atoms with Gasteiger partial charge in [-0.3, -0.25) is 14.6 Å². The monoisotopic (exact) mass is 311 g/mol. The number of hydrogen-bond donors (Lipinski definition) is 1. The highest BCUT2D eigenvalue weighted by Gasteiger charge is 2.25. The molecule has 5 nitrogen and oxygen atoms in total. The number of hydrogen-bond acceptors (Lipinski definition) is 3. The second-order valence-corrected chi connectivity index (χ2v) is 5.99. The predicted molar refractivity (Wildman–Crippen MR) is 88.6 cm³/mol. The van der Waals surface area contributed by atoms with Gasteiger partial charge in [0.25, 0.3) is 0 Å². The number of nitrogens with one attached hydrogen (secondary N) is 1. The summed E-state index contributed by atoms with van der Waals surface area (Å²) in [6.45, 7) is 3.43. The van der Waals surface area contributed by atoms with Crippen molar-refractivity contribution in [3.8, 4) is 0 Å². The molecule has 120 valence electrons. The van der Waals surface area contributed by atoms with Crippen LogP contribution in [-0.4, -0.2) is 34.8 Å². The van der Waals surface area contributed by atoms with Crippen LogP contribution in [0.2, 0.25) is 0 Å². The Morgan fingerprint density at radius 2 is 1.96 bits per heavy atom. The molecule has 3 rings (SSSR count). The molecule has 1 aromatic heterocycles. The third-order valence-corrected chi connectivity index (χ3v) is 4.50. The summed E-state index contributed by atoms with van der Waals surface area (Å²) in [5.74, 6) is 0.167. The lowest BCUT2D eigenvalue weighted by molar-refractivity contribution is -0.134. The van der Waals surface area contributed by atoms with E-state index in [1.54, 1.807) is 18.0 Å². The van der Waals surface area contributed by atoms with Crippen LogP contribution in [0.5, 0.6) is 0 Å². The van der Waals surface area contributed by atoms with Crippen LogP contribution in [0, 0.1) is 5.92 Å². The average Bonchev–Trinajstić information content (AvgIpc) is 2.59. The summed E-state index contributed by atoms with van der Waals surface area (Å²) in [7, 11) is 0. The van der Waals surface area contributed by atoms with E-state index in [-0.39, 0.29) is 17.7 Å². The van der Waals surface area contributed by atoms with Crippen LogP contribution in [0.1, 0.15) is 25.3 Å². The number of rotatable bonds is 3. The fourth-order valence-electron chi connectivity index (χ4n) is 3.09. The van der Waals surface area contributed by atoms with Crippen molar-refractivity contribution in [1.29, 1.82) is 0 Å². The molecule has 23 heavy (non-hydrogen) atoms. The standard InChI is InChI=1S/C18H21N3O2/c1-13(22)21-10-7-14(8-11-21)18(23)20-12-15-6-9-19-17-5-3-2-4-16(15)17/h2-6,9,14H,7-8,10-12H2,1H3,(H,20,23). The van der Waals surface area contributed by atoms with Gasteiger partial charge in [0.15, 0.2) is 0 Å². The van der Waals surface area contributed by atoms with E-state index in [4.69, 9.17) is 0 Å². The van der Waals surface area contributed by atoms with E-state index in [9.17, 15) is 9.59 Å². The van der Waals surface area contributed by atoms with Crippen molar-refractivity contribution in [2.45, 2.75) is 26.3 Å². The number of benzene rings is 1. The Bertz CT molecular complexity index is 716. The van der Waals surface area contributed by atoms with Gasteiger partial charge in [0, 0.05) is 44.1 Å². The SMILES string of the molecule is CC(=O)N1CCC(C(=O)NCc2ccnc3ccccc23)CC1. The van der Waals surface area contributed by atoms with Crippen LogP contribution in [0.4, 0.5) is 0 Å². The van der Waals surface area contributed by atoms with E-state index in [1.807, 2.05) is 30.3 Å². The summed E-state index contributed by atoms with van der Waals surface area (Å²) in [6.07, 6.45) is 3.25. The van der Waals surface area contributed by atoms with Crippen molar-refractivity contribution in [2.75, 3.05) is 13.1 Å². The Kier molecular flexibility index (Phi) is 4.55. The second-order valence-electron chi connectivity index (χ2n) is 5.99. The Labute approximate surface area is 135 Å². The first-order chi connectivity index (χ1) is 11.1. The van der Waals surface area contributed by atoms with Crippen molar-refractivity contribution < 1.29 is 9.59 Å². The van der Waals surface area contributed by atoms with Crippen molar-refractivity contribution in [3.63, 3.8) is 0 Å². The van der Waals surface area contributed by atoms with E-state index in [0.29, 0.717) is 19.6 Å². The molecule has 0 aliphatic carbocycles. The summed E-state index contributed by atoms with van der Waals surface area (Å²) in [5.41, 5.74) is 2.01. The van der Waals surface area contributed by atoms with Crippen LogP contribution < -0.4 is 5.32 Å². The molecule has 0 radical (unpaired) electrons. The lowest BCUT2D eigenvalue weighted by Gasteiger charge is -2.30. The number of nitrogens with zero attached hydrogens (tertiary/aromatic N) is 2. The average molecular weight is 311 g/mol. The zero-order valence-electron chi connectivity index (χ0n) is 13.3. The van der Waals surface area contributed by atoms with E-state index in [0.717, 1.165) is 29.3 Å². The van der Waals surface area contributed by atoms with E-state index in [2.05, 4.69) is 10.3 Å². The fourth-order valence-corrected chi connectivity index (χ4v) is 3.09. The predicted octanol–water partition coefficient (Wildman–Crippen LogP) is 2.11. The molecule has 2 amide bonds. The topological polar surface area (TPSA) is 62.3 Å². The largest absolute Gasteiger partial charge is 0.352 e. The van der Waals surface area contributed by atoms with Crippen molar-refractivity contribution >= 4 is 22.7 Å². The molecular formula is C18H21N3O2. The number of carbonyl (C=O) groups excluding carboxylic acids is 2. The summed E-state index contributed by atoms with van der Waals surface area (Å²) in [6, 6.07) is 9.88. The number of para-hydroxylation sites is 1. The maximum absolute atomic E-state index is 12.4. The molecule has 0 bridgehead atoms. The van der Waals surface area contributed by atoms with Crippen LogP contribution in [0.3, 0.4) is 0 Å². The van der Waals surface area contributed by atoms with Crippen LogP contribution in [0.15, 0.2) is 36.5 Å². The van der Waals surface area contributed by atoms with E-state index < -0.39 is 0 Å². The summed E-state index contributed by atoms with van der Waals surface area (Å²) < 4.78 is 0. The van der Waals surface area contributed by atoms with Gasteiger partial charge in [-0.25, -0.2) is 0 Å². The third kappa shape index (κ3) is 3.50. The molecule has 1 aromatic carbocycles. The molecule has 1 aliphatic rings. The van der Waals surface area contributed by atoms with Crippen molar-refractivity contribution in [3.05, 3.63) is 42.1 Å². The quantitative estimate of drug-likeness (QED) is 0.944. The van der Waals surface area contributed by atoms with Crippen LogP contribution in [0.25, 0.3) is 10.9 Å². The van der Waals surface area contributed by atoms with Gasteiger partial charge in [0.05, 0.1) is 5.52 Å². The molecule has 5 heteroatoms. The fraction of sp³-hybridized carbons (Fsp3) is 0.389. The molecule has 0 saturated carbocycles. The molecule has 0 atom stereocenters. The molecule has 1 aliphatic heterocycles. The van der Waals surface area contributed by atoms with Gasteiger partial charge < -0.3 is 10.2 Å². The van der Waals surface area contributed by atoms with E-state index >= 15 is 0 Å². The molecule has 2 heterocycles. The Morgan fingerprint density at radius 3 is 2.70 bits per heavy atom. The maximum atomic E-state index is 12.4. The molecule has 0 spiro atoms. The number of carbonyl (C=O) groups is 2. The summed E-state index contributed by atoms with van der Waals surface area (Å²) in [4.78, 5) is 29.8. The highest BCUT2D eigenvalue weighted by Crippen LogP contribution is 2.19. The molecule has 1 fully saturated rings. The van der Waals surface area contributed by atoms with Crippen molar-refractivity contribution in [1.82, 2.24) is 15.2 Å². The number of likely N-dealkylation sites (tertiary alicyclic amines) is 1. The van der Waals surface area contributed by atoms with Gasteiger partial charge in [0.2, 0.25) is 11.8 Å². The number of fused-ring (bicyclic) bond motifs is 1. The van der Waals surface area contributed by atoms with Crippen LogP contribution >= 0.6 is 0 Å². The van der Waals surface area contributed by atoms with Crippen molar-refractivity contribution in [2.24, 2.45) is 5.92 Å². The minimum absolute atomic E-state index is 0.00120. The molecule has 0 unspecified atom stereocenters. The summed E-state index contributed by atoms with van der Waals surface area (Å²) >= 11 is 0. The number of piperidine rings is 1. The Hall–Kier alpha value is -2.43.